The Hall–Kier alpha value is -3.21. The lowest BCUT2D eigenvalue weighted by molar-refractivity contribution is -0.121. The van der Waals surface area contributed by atoms with E-state index in [0.29, 0.717) is 211 Å². The summed E-state index contributed by atoms with van der Waals surface area (Å²) in [6.45, 7) is 15.0. The Morgan fingerprint density at radius 1 is 0.358 bits per heavy atom. The van der Waals surface area contributed by atoms with E-state index in [2.05, 4.69) is 59.9 Å². The molecule has 0 aliphatic rings. The number of benzene rings is 4. The predicted octanol–water partition coefficient (Wildman–Crippen LogP) is 4.51. The van der Waals surface area contributed by atoms with E-state index in [9.17, 15) is 4.79 Å². The van der Waals surface area contributed by atoms with Crippen LogP contribution in [-0.4, -0.2) is 211 Å². The van der Waals surface area contributed by atoms with Crippen molar-refractivity contribution in [2.75, 3.05) is 205 Å². The number of carbonyl (C=O) groups is 1. The van der Waals surface area contributed by atoms with Crippen molar-refractivity contribution in [1.82, 2.24) is 5.32 Å². The number of nitrogens with one attached hydrogen (secondary N) is 1. The molecular weight excluding hydrogens is 871 g/mol. The average molecular weight is 948 g/mol. The molecule has 0 heterocycles. The topological polar surface area (TPSA) is 168 Å². The summed E-state index contributed by atoms with van der Waals surface area (Å²) in [4.78, 5) is 12.6. The van der Waals surface area contributed by atoms with Crippen LogP contribution < -0.4 is 5.32 Å². The minimum atomic E-state index is 0.0207. The van der Waals surface area contributed by atoms with E-state index in [-0.39, 0.29) is 5.91 Å². The molecule has 17 heteroatoms. The van der Waals surface area contributed by atoms with Crippen molar-refractivity contribution < 1.29 is 75.8 Å². The highest BCUT2D eigenvalue weighted by atomic mass is 16.6. The Kier molecular flexibility index (Phi) is 33.3. The lowest BCUT2D eigenvalue weighted by Crippen LogP contribution is -2.27. The first-order valence-electron chi connectivity index (χ1n) is 23.8. The minimum absolute atomic E-state index is 0.0207. The van der Waals surface area contributed by atoms with Gasteiger partial charge in [0, 0.05) is 20.1 Å². The van der Waals surface area contributed by atoms with Crippen LogP contribution in [0.5, 0.6) is 0 Å². The molecule has 0 spiro atoms. The second-order valence-corrected chi connectivity index (χ2v) is 15.0. The molecule has 67 heavy (non-hydrogen) atoms. The van der Waals surface area contributed by atoms with Crippen molar-refractivity contribution in [2.45, 2.75) is 12.8 Å². The SMILES string of the molecule is COCCOCCOCCOCCOCCOCCOCCOCCOCCOCCOCCOCCOCCOCCOCCNC(=O)CCc1ccc2ccc3cccc4ccc1c2c34. The van der Waals surface area contributed by atoms with Crippen LogP contribution in [-0.2, 0) is 82.3 Å². The molecule has 1 N–H and O–H groups in total. The van der Waals surface area contributed by atoms with Crippen molar-refractivity contribution in [2.24, 2.45) is 0 Å². The molecule has 0 fully saturated rings. The molecule has 0 saturated carbocycles. The molecule has 4 aromatic carbocycles. The number of ether oxygens (including phenoxy) is 15. The summed E-state index contributed by atoms with van der Waals surface area (Å²) in [6.07, 6.45) is 1.12. The monoisotopic (exact) mass is 948 g/mol. The van der Waals surface area contributed by atoms with E-state index in [1.54, 1.807) is 7.11 Å². The Morgan fingerprint density at radius 3 is 1.01 bits per heavy atom. The third-order valence-corrected chi connectivity index (χ3v) is 10.1. The van der Waals surface area contributed by atoms with E-state index in [1.807, 2.05) is 0 Å². The van der Waals surface area contributed by atoms with Gasteiger partial charge in [0.15, 0.2) is 0 Å². The fraction of sp³-hybridized carbons (Fsp3) is 0.660. The summed E-state index contributed by atoms with van der Waals surface area (Å²) < 4.78 is 81.9. The summed E-state index contributed by atoms with van der Waals surface area (Å²) in [6, 6.07) is 19.5. The second kappa shape index (κ2) is 39.6. The molecule has 378 valence electrons. The average Bonchev–Trinajstić information content (AvgIpc) is 3.35. The largest absolute Gasteiger partial charge is 0.382 e. The standard InChI is InChI=1S/C50H77NO16/c1-53-15-16-55-19-20-57-23-24-59-27-28-61-31-32-63-35-36-65-39-40-67-42-41-66-38-37-64-34-33-62-30-29-60-26-25-58-22-21-56-18-17-54-14-13-51-48(52)12-10-43-5-6-46-8-7-44-3-2-4-45-9-11-47(43)50(46)49(44)45/h2-9,11H,10,12-42H2,1H3,(H,51,52). The first-order valence-corrected chi connectivity index (χ1v) is 23.8. The van der Waals surface area contributed by atoms with Gasteiger partial charge in [0.2, 0.25) is 5.91 Å². The third kappa shape index (κ3) is 26.4. The molecule has 1 amide bonds. The summed E-state index contributed by atoms with van der Waals surface area (Å²) in [5.74, 6) is 0.0207. The molecular formula is C50H77NO16. The Morgan fingerprint density at radius 2 is 0.657 bits per heavy atom. The van der Waals surface area contributed by atoms with Gasteiger partial charge < -0.3 is 76.4 Å². The molecule has 4 aromatic rings. The molecule has 0 aliphatic carbocycles. The molecule has 0 radical (unpaired) electrons. The van der Waals surface area contributed by atoms with Crippen LogP contribution in [0, 0.1) is 0 Å². The lowest BCUT2D eigenvalue weighted by Gasteiger charge is -2.14. The van der Waals surface area contributed by atoms with Crippen LogP contribution in [0.2, 0.25) is 0 Å². The number of rotatable bonds is 48. The maximum atomic E-state index is 12.6. The first kappa shape index (κ1) is 56.4. The van der Waals surface area contributed by atoms with Gasteiger partial charge >= 0.3 is 0 Å². The molecule has 0 aliphatic heterocycles. The number of hydrogen-bond acceptors (Lipinski definition) is 16. The molecule has 0 saturated heterocycles. The number of aryl methyl sites for hydroxylation is 1. The van der Waals surface area contributed by atoms with Crippen LogP contribution in [0.15, 0.2) is 54.6 Å². The van der Waals surface area contributed by atoms with E-state index < -0.39 is 0 Å². The molecule has 17 nitrogen and oxygen atoms in total. The zero-order valence-corrected chi connectivity index (χ0v) is 39.9. The summed E-state index contributed by atoms with van der Waals surface area (Å²) in [5, 5.41) is 10.5. The highest BCUT2D eigenvalue weighted by Crippen LogP contribution is 2.36. The molecule has 0 unspecified atom stereocenters. The fourth-order valence-corrected chi connectivity index (χ4v) is 6.72. The highest BCUT2D eigenvalue weighted by molar-refractivity contribution is 6.23. The molecule has 0 bridgehead atoms. The van der Waals surface area contributed by atoms with E-state index >= 15 is 0 Å². The normalized spacial score (nSPS) is 11.8. The smallest absolute Gasteiger partial charge is 0.220 e. The van der Waals surface area contributed by atoms with Crippen molar-refractivity contribution in [1.29, 1.82) is 0 Å². The Balaban J connectivity index is 0.767. The van der Waals surface area contributed by atoms with Gasteiger partial charge in [0.1, 0.15) is 0 Å². The van der Waals surface area contributed by atoms with Crippen LogP contribution in [0.25, 0.3) is 32.3 Å². The van der Waals surface area contributed by atoms with Crippen LogP contribution in [0.3, 0.4) is 0 Å². The van der Waals surface area contributed by atoms with Crippen molar-refractivity contribution in [3.63, 3.8) is 0 Å². The predicted molar refractivity (Wildman–Crippen MR) is 255 cm³/mol. The van der Waals surface area contributed by atoms with Crippen molar-refractivity contribution in [3.05, 3.63) is 60.2 Å². The first-order chi connectivity index (χ1) is 33.3. The molecule has 4 rings (SSSR count). The van der Waals surface area contributed by atoms with Gasteiger partial charge in [-0.3, -0.25) is 4.79 Å². The zero-order valence-electron chi connectivity index (χ0n) is 39.9. The number of methoxy groups -OCH3 is 1. The number of hydrogen-bond donors (Lipinski definition) is 1. The summed E-state index contributed by atoms with van der Waals surface area (Å²) in [7, 11) is 1.64. The Bertz CT molecular complexity index is 1750. The number of amides is 1. The highest BCUT2D eigenvalue weighted by Gasteiger charge is 2.12. The molecule has 0 atom stereocenters. The fourth-order valence-electron chi connectivity index (χ4n) is 6.72. The van der Waals surface area contributed by atoms with Gasteiger partial charge in [0.05, 0.1) is 192 Å². The van der Waals surface area contributed by atoms with Crippen molar-refractivity contribution in [3.8, 4) is 0 Å². The minimum Gasteiger partial charge on any atom is -0.382 e. The van der Waals surface area contributed by atoms with Gasteiger partial charge in [0.25, 0.3) is 0 Å². The zero-order chi connectivity index (χ0) is 46.9. The van der Waals surface area contributed by atoms with Gasteiger partial charge in [-0.05, 0) is 44.3 Å². The molecule has 0 aromatic heterocycles. The van der Waals surface area contributed by atoms with Gasteiger partial charge in [-0.15, -0.1) is 0 Å². The van der Waals surface area contributed by atoms with Gasteiger partial charge in [-0.1, -0.05) is 54.6 Å². The quantitative estimate of drug-likeness (QED) is 0.0485. The van der Waals surface area contributed by atoms with Crippen LogP contribution in [0.4, 0.5) is 0 Å². The number of carbonyl (C=O) groups excluding carboxylic acids is 1. The van der Waals surface area contributed by atoms with Crippen LogP contribution in [0.1, 0.15) is 12.0 Å². The maximum absolute atomic E-state index is 12.6. The van der Waals surface area contributed by atoms with Gasteiger partial charge in [-0.25, -0.2) is 0 Å². The van der Waals surface area contributed by atoms with E-state index in [1.165, 1.54) is 37.9 Å². The van der Waals surface area contributed by atoms with Crippen molar-refractivity contribution >= 4 is 38.2 Å². The maximum Gasteiger partial charge on any atom is 0.220 e. The van der Waals surface area contributed by atoms with Gasteiger partial charge in [-0.2, -0.15) is 0 Å². The van der Waals surface area contributed by atoms with E-state index in [0.717, 1.165) is 0 Å². The van der Waals surface area contributed by atoms with Crippen LogP contribution >= 0.6 is 0 Å². The Labute approximate surface area is 396 Å². The second-order valence-electron chi connectivity index (χ2n) is 15.0. The van der Waals surface area contributed by atoms with E-state index in [4.69, 9.17) is 71.1 Å². The lowest BCUT2D eigenvalue weighted by atomic mass is 9.91. The third-order valence-electron chi connectivity index (χ3n) is 10.1. The summed E-state index contributed by atoms with van der Waals surface area (Å²) >= 11 is 0. The summed E-state index contributed by atoms with van der Waals surface area (Å²) in [5.41, 5.74) is 1.19.